The van der Waals surface area contributed by atoms with E-state index in [-0.39, 0.29) is 5.92 Å². The Kier molecular flexibility index (Phi) is 3.03. The summed E-state index contributed by atoms with van der Waals surface area (Å²) in [6.07, 6.45) is 2.45. The average Bonchev–Trinajstić information content (AvgIpc) is 3.08. The minimum atomic E-state index is -0.0755. The van der Waals surface area contributed by atoms with Crippen LogP contribution in [0.25, 0.3) is 22.6 Å². The van der Waals surface area contributed by atoms with Crippen molar-refractivity contribution in [1.82, 2.24) is 9.55 Å². The van der Waals surface area contributed by atoms with Gasteiger partial charge >= 0.3 is 0 Å². The van der Waals surface area contributed by atoms with Crippen molar-refractivity contribution < 1.29 is 4.42 Å². The maximum absolute atomic E-state index is 9.17. The van der Waals surface area contributed by atoms with Gasteiger partial charge in [0.1, 0.15) is 0 Å². The zero-order valence-electron chi connectivity index (χ0n) is 11.5. The van der Waals surface area contributed by atoms with Crippen LogP contribution in [-0.4, -0.2) is 9.55 Å². The lowest BCUT2D eigenvalue weighted by molar-refractivity contribution is 0.574. The molecule has 0 spiro atoms. The fourth-order valence-electron chi connectivity index (χ4n) is 2.46. The Hall–Kier alpha value is -2.54. The van der Waals surface area contributed by atoms with E-state index in [9.17, 15) is 5.26 Å². The molecule has 1 atom stereocenters. The Morgan fingerprint density at radius 3 is 2.90 bits per heavy atom. The quantitative estimate of drug-likeness (QED) is 0.722. The highest BCUT2D eigenvalue weighted by Crippen LogP contribution is 2.27. The Morgan fingerprint density at radius 2 is 2.25 bits per heavy atom. The molecule has 20 heavy (non-hydrogen) atoms. The molecule has 0 amide bonds. The van der Waals surface area contributed by atoms with Gasteiger partial charge in [-0.3, -0.25) is 0 Å². The Balaban J connectivity index is 2.15. The Bertz CT molecular complexity index is 778. The standard InChI is InChI=1S/C16H15N3O/c1-3-11(10-17)12-6-7-14-13(9-12)18-16(19(14)2)15-5-4-8-20-15/h4-9,11H,3H2,1-2H3. The number of rotatable bonds is 3. The van der Waals surface area contributed by atoms with Crippen LogP contribution in [0.15, 0.2) is 41.0 Å². The molecule has 0 aliphatic rings. The fraction of sp³-hybridized carbons (Fsp3) is 0.250. The molecule has 100 valence electrons. The molecular weight excluding hydrogens is 250 g/mol. The first-order valence-electron chi connectivity index (χ1n) is 6.64. The molecule has 0 radical (unpaired) electrons. The van der Waals surface area contributed by atoms with Gasteiger partial charge < -0.3 is 8.98 Å². The van der Waals surface area contributed by atoms with Gasteiger partial charge in [-0.15, -0.1) is 0 Å². The third-order valence-corrected chi connectivity index (χ3v) is 3.61. The van der Waals surface area contributed by atoms with Crippen LogP contribution in [0.5, 0.6) is 0 Å². The molecule has 0 aliphatic carbocycles. The van der Waals surface area contributed by atoms with Crippen LogP contribution in [0.3, 0.4) is 0 Å². The third kappa shape index (κ3) is 1.88. The second-order valence-corrected chi connectivity index (χ2v) is 4.81. The predicted octanol–water partition coefficient (Wildman–Crippen LogP) is 3.85. The van der Waals surface area contributed by atoms with Crippen molar-refractivity contribution in [2.24, 2.45) is 7.05 Å². The maximum atomic E-state index is 9.17. The highest BCUT2D eigenvalue weighted by atomic mass is 16.3. The molecule has 2 heterocycles. The summed E-state index contributed by atoms with van der Waals surface area (Å²) in [6.45, 7) is 2.02. The van der Waals surface area contributed by atoms with Gasteiger partial charge in [-0.1, -0.05) is 13.0 Å². The number of benzene rings is 1. The number of hydrogen-bond donors (Lipinski definition) is 0. The number of furan rings is 1. The molecule has 0 fully saturated rings. The first-order valence-corrected chi connectivity index (χ1v) is 6.64. The average molecular weight is 265 g/mol. The molecule has 1 aromatic carbocycles. The van der Waals surface area contributed by atoms with Crippen LogP contribution in [0.4, 0.5) is 0 Å². The lowest BCUT2D eigenvalue weighted by Gasteiger charge is -2.05. The van der Waals surface area contributed by atoms with Gasteiger partial charge in [-0.25, -0.2) is 4.98 Å². The lowest BCUT2D eigenvalue weighted by Crippen LogP contribution is -1.94. The first kappa shape index (κ1) is 12.5. The molecule has 1 unspecified atom stereocenters. The van der Waals surface area contributed by atoms with Gasteiger partial charge in [-0.2, -0.15) is 5.26 Å². The van der Waals surface area contributed by atoms with E-state index in [2.05, 4.69) is 11.1 Å². The van der Waals surface area contributed by atoms with Crippen LogP contribution in [0, 0.1) is 11.3 Å². The van der Waals surface area contributed by atoms with Gasteiger partial charge in [0.05, 0.1) is 29.3 Å². The molecule has 0 aliphatic heterocycles. The van der Waals surface area contributed by atoms with Gasteiger partial charge in [0.2, 0.25) is 0 Å². The second kappa shape index (κ2) is 4.86. The van der Waals surface area contributed by atoms with E-state index in [1.807, 2.05) is 48.9 Å². The first-order chi connectivity index (χ1) is 9.74. The van der Waals surface area contributed by atoms with Gasteiger partial charge in [0.25, 0.3) is 0 Å². The van der Waals surface area contributed by atoms with E-state index in [1.54, 1.807) is 6.26 Å². The lowest BCUT2D eigenvalue weighted by atomic mass is 9.98. The number of fused-ring (bicyclic) bond motifs is 1. The van der Waals surface area contributed by atoms with Gasteiger partial charge in [0.15, 0.2) is 11.6 Å². The van der Waals surface area contributed by atoms with Crippen molar-refractivity contribution in [3.63, 3.8) is 0 Å². The molecule has 0 saturated carbocycles. The molecular formula is C16H15N3O. The van der Waals surface area contributed by atoms with E-state index in [0.717, 1.165) is 34.6 Å². The largest absolute Gasteiger partial charge is 0.461 e. The highest BCUT2D eigenvalue weighted by Gasteiger charge is 2.14. The summed E-state index contributed by atoms with van der Waals surface area (Å²) >= 11 is 0. The molecule has 2 aromatic heterocycles. The van der Waals surface area contributed by atoms with Crippen molar-refractivity contribution in [1.29, 1.82) is 5.26 Å². The predicted molar refractivity (Wildman–Crippen MR) is 77.1 cm³/mol. The minimum absolute atomic E-state index is 0.0755. The Morgan fingerprint density at radius 1 is 1.40 bits per heavy atom. The van der Waals surface area contributed by atoms with Crippen LogP contribution in [0.2, 0.25) is 0 Å². The van der Waals surface area contributed by atoms with Crippen molar-refractivity contribution in [3.8, 4) is 17.7 Å². The highest BCUT2D eigenvalue weighted by molar-refractivity contribution is 5.80. The normalized spacial score (nSPS) is 12.4. The summed E-state index contributed by atoms with van der Waals surface area (Å²) in [5.74, 6) is 1.47. The van der Waals surface area contributed by atoms with Crippen LogP contribution < -0.4 is 0 Å². The molecule has 0 saturated heterocycles. The fourth-order valence-corrected chi connectivity index (χ4v) is 2.46. The van der Waals surface area contributed by atoms with Crippen molar-refractivity contribution in [2.45, 2.75) is 19.3 Å². The van der Waals surface area contributed by atoms with Crippen LogP contribution >= 0.6 is 0 Å². The molecule has 0 N–H and O–H groups in total. The van der Waals surface area contributed by atoms with Gasteiger partial charge in [0, 0.05) is 7.05 Å². The van der Waals surface area contributed by atoms with E-state index in [1.165, 1.54) is 0 Å². The molecule has 4 heteroatoms. The molecule has 3 rings (SSSR count). The minimum Gasteiger partial charge on any atom is -0.461 e. The second-order valence-electron chi connectivity index (χ2n) is 4.81. The third-order valence-electron chi connectivity index (χ3n) is 3.61. The number of aromatic nitrogens is 2. The van der Waals surface area contributed by atoms with E-state index >= 15 is 0 Å². The number of imidazole rings is 1. The summed E-state index contributed by atoms with van der Waals surface area (Å²) in [5.41, 5.74) is 2.95. The van der Waals surface area contributed by atoms with Crippen LogP contribution in [0.1, 0.15) is 24.8 Å². The zero-order chi connectivity index (χ0) is 14.1. The topological polar surface area (TPSA) is 54.8 Å². The van der Waals surface area contributed by atoms with E-state index < -0.39 is 0 Å². The van der Waals surface area contributed by atoms with E-state index in [0.29, 0.717) is 0 Å². The summed E-state index contributed by atoms with van der Waals surface area (Å²) in [5, 5.41) is 9.17. The van der Waals surface area contributed by atoms with Crippen molar-refractivity contribution >= 4 is 11.0 Å². The van der Waals surface area contributed by atoms with E-state index in [4.69, 9.17) is 4.42 Å². The monoisotopic (exact) mass is 265 g/mol. The summed E-state index contributed by atoms with van der Waals surface area (Å²) in [7, 11) is 1.97. The molecule has 3 aromatic rings. The molecule has 0 bridgehead atoms. The Labute approximate surface area is 117 Å². The summed E-state index contributed by atoms with van der Waals surface area (Å²) in [4.78, 5) is 4.63. The van der Waals surface area contributed by atoms with Gasteiger partial charge in [-0.05, 0) is 36.2 Å². The number of nitriles is 1. The smallest absolute Gasteiger partial charge is 0.176 e. The number of hydrogen-bond acceptors (Lipinski definition) is 3. The summed E-state index contributed by atoms with van der Waals surface area (Å²) in [6, 6.07) is 12.1. The van der Waals surface area contributed by atoms with Crippen molar-refractivity contribution in [3.05, 3.63) is 42.2 Å². The zero-order valence-corrected chi connectivity index (χ0v) is 11.5. The maximum Gasteiger partial charge on any atom is 0.176 e. The SMILES string of the molecule is CCC(C#N)c1ccc2c(c1)nc(-c1ccco1)n2C. The number of nitrogens with zero attached hydrogens (tertiary/aromatic N) is 3. The summed E-state index contributed by atoms with van der Waals surface area (Å²) < 4.78 is 7.42. The van der Waals surface area contributed by atoms with Crippen molar-refractivity contribution in [2.75, 3.05) is 0 Å². The molecule has 4 nitrogen and oxygen atoms in total. The number of aryl methyl sites for hydroxylation is 1. The van der Waals surface area contributed by atoms with Crippen LogP contribution in [-0.2, 0) is 7.05 Å².